The Morgan fingerprint density at radius 2 is 1.90 bits per heavy atom. The van der Waals surface area contributed by atoms with Gasteiger partial charge in [-0.2, -0.15) is 0 Å². The molecule has 5 heteroatoms. The highest BCUT2D eigenvalue weighted by Gasteiger charge is 2.42. The number of para-hydroxylation sites is 1. The summed E-state index contributed by atoms with van der Waals surface area (Å²) in [5.74, 6) is 1.52. The van der Waals surface area contributed by atoms with Crippen molar-refractivity contribution in [2.24, 2.45) is 5.92 Å². The average molecular weight is 423 g/mol. The van der Waals surface area contributed by atoms with Crippen LogP contribution in [0.1, 0.15) is 43.7 Å². The topological polar surface area (TPSA) is 41.6 Å². The lowest BCUT2D eigenvalue weighted by Crippen LogP contribution is -2.48. The maximum Gasteiger partial charge on any atom is 0.262 e. The number of nitrogens with zero attached hydrogens (tertiary/aromatic N) is 1. The van der Waals surface area contributed by atoms with Crippen LogP contribution < -0.4 is 10.1 Å². The van der Waals surface area contributed by atoms with Gasteiger partial charge in [-0.15, -0.1) is 0 Å². The minimum absolute atomic E-state index is 0.0870. The molecule has 2 fully saturated rings. The Balaban J connectivity index is 1.64. The number of carbonyl (C=O) groups is 1. The van der Waals surface area contributed by atoms with E-state index in [4.69, 9.17) is 4.74 Å². The number of rotatable bonds is 5. The summed E-state index contributed by atoms with van der Waals surface area (Å²) in [6.07, 6.45) is 6.74. The van der Waals surface area contributed by atoms with E-state index >= 15 is 0 Å². The monoisotopic (exact) mass is 422 g/mol. The number of anilines is 1. The number of benzene rings is 2. The first-order chi connectivity index (χ1) is 14.6. The summed E-state index contributed by atoms with van der Waals surface area (Å²) in [4.78, 5) is 16.4. The molecule has 1 amide bonds. The van der Waals surface area contributed by atoms with Crippen LogP contribution in [0.25, 0.3) is 6.08 Å². The maximum absolute atomic E-state index is 13.5. The van der Waals surface area contributed by atoms with E-state index in [1.54, 1.807) is 18.9 Å². The number of ether oxygens (including phenoxy) is 1. The van der Waals surface area contributed by atoms with Crippen LogP contribution in [0, 0.1) is 12.8 Å². The van der Waals surface area contributed by atoms with E-state index in [1.807, 2.05) is 43.3 Å². The van der Waals surface area contributed by atoms with E-state index in [-0.39, 0.29) is 17.4 Å². The molecular weight excluding hydrogens is 392 g/mol. The van der Waals surface area contributed by atoms with Gasteiger partial charge < -0.3 is 15.0 Å². The molecule has 2 aliphatic rings. The molecule has 0 spiro atoms. The molecule has 30 heavy (non-hydrogen) atoms. The Hall–Kier alpha value is -2.40. The molecule has 0 aromatic heterocycles. The number of hydrogen-bond donors (Lipinski definition) is 1. The molecule has 0 bridgehead atoms. The number of thioether (sulfide) groups is 1. The van der Waals surface area contributed by atoms with Crippen LogP contribution in [0.15, 0.2) is 53.4 Å². The zero-order chi connectivity index (χ0) is 21.1. The van der Waals surface area contributed by atoms with Gasteiger partial charge in [0.15, 0.2) is 5.50 Å². The van der Waals surface area contributed by atoms with Gasteiger partial charge in [0.1, 0.15) is 5.75 Å². The van der Waals surface area contributed by atoms with Gasteiger partial charge in [0.25, 0.3) is 5.91 Å². The Bertz CT molecular complexity index is 928. The van der Waals surface area contributed by atoms with E-state index in [1.165, 1.54) is 19.3 Å². The molecule has 4 rings (SSSR count). The van der Waals surface area contributed by atoms with Crippen molar-refractivity contribution >= 4 is 29.4 Å². The highest BCUT2D eigenvalue weighted by Crippen LogP contribution is 2.42. The van der Waals surface area contributed by atoms with Gasteiger partial charge in [0.2, 0.25) is 0 Å². The Kier molecular flexibility index (Phi) is 6.38. The first-order valence-electron chi connectivity index (χ1n) is 10.7. The molecule has 1 saturated carbocycles. The Labute approximate surface area is 183 Å². The first-order valence-corrected chi connectivity index (χ1v) is 11.6. The second kappa shape index (κ2) is 9.17. The molecule has 1 aliphatic heterocycles. The molecule has 158 valence electrons. The van der Waals surface area contributed by atoms with E-state index in [2.05, 4.69) is 35.3 Å². The van der Waals surface area contributed by atoms with Gasteiger partial charge in [0.05, 0.1) is 12.0 Å². The van der Waals surface area contributed by atoms with Crippen molar-refractivity contribution in [1.82, 2.24) is 4.90 Å². The van der Waals surface area contributed by atoms with Gasteiger partial charge in [-0.3, -0.25) is 4.79 Å². The van der Waals surface area contributed by atoms with E-state index < -0.39 is 0 Å². The van der Waals surface area contributed by atoms with E-state index in [0.29, 0.717) is 5.92 Å². The largest absolute Gasteiger partial charge is 0.496 e. The summed E-state index contributed by atoms with van der Waals surface area (Å²) in [5.41, 5.74) is 3.05. The van der Waals surface area contributed by atoms with Crippen LogP contribution in [-0.4, -0.2) is 29.5 Å². The molecule has 4 nitrogen and oxygen atoms in total. The highest BCUT2D eigenvalue weighted by molar-refractivity contribution is 8.05. The standard InChI is InChI=1S/C25H30N2O2S/c1-17-9-7-8-12-21(17)27-24(28)23(16-19-13-14-22(29-3)18(2)15-19)30-25(27)26-20-10-5-4-6-11-20/h4-6,10-11,13-17,21,25-26H,7-9,12H2,1-3H3/b23-16-/t17-,21+,25?/m1/s1. The fraction of sp³-hybridized carbons (Fsp3) is 0.400. The summed E-state index contributed by atoms with van der Waals surface area (Å²) in [6, 6.07) is 16.5. The summed E-state index contributed by atoms with van der Waals surface area (Å²) in [5, 5.41) is 3.59. The summed E-state index contributed by atoms with van der Waals surface area (Å²) in [6.45, 7) is 4.32. The molecule has 1 heterocycles. The summed E-state index contributed by atoms with van der Waals surface area (Å²) < 4.78 is 5.37. The van der Waals surface area contributed by atoms with Crippen molar-refractivity contribution in [1.29, 1.82) is 0 Å². The van der Waals surface area contributed by atoms with Crippen molar-refractivity contribution in [3.05, 3.63) is 64.6 Å². The van der Waals surface area contributed by atoms with Crippen LogP contribution in [0.4, 0.5) is 5.69 Å². The van der Waals surface area contributed by atoms with Gasteiger partial charge in [-0.25, -0.2) is 0 Å². The van der Waals surface area contributed by atoms with Crippen molar-refractivity contribution in [2.45, 2.75) is 51.1 Å². The fourth-order valence-corrected chi connectivity index (χ4v) is 5.72. The normalized spacial score (nSPS) is 25.6. The predicted molar refractivity (Wildman–Crippen MR) is 125 cm³/mol. The Morgan fingerprint density at radius 3 is 2.60 bits per heavy atom. The quantitative estimate of drug-likeness (QED) is 0.610. The van der Waals surface area contributed by atoms with Crippen LogP contribution >= 0.6 is 11.8 Å². The van der Waals surface area contributed by atoms with Gasteiger partial charge >= 0.3 is 0 Å². The number of nitrogens with one attached hydrogen (secondary N) is 1. The zero-order valence-corrected chi connectivity index (χ0v) is 18.7. The maximum atomic E-state index is 13.5. The lowest BCUT2D eigenvalue weighted by Gasteiger charge is -2.39. The second-order valence-electron chi connectivity index (χ2n) is 8.26. The minimum Gasteiger partial charge on any atom is -0.496 e. The van der Waals surface area contributed by atoms with Gasteiger partial charge in [-0.05, 0) is 67.2 Å². The highest BCUT2D eigenvalue weighted by atomic mass is 32.2. The molecule has 1 unspecified atom stereocenters. The van der Waals surface area contributed by atoms with Gasteiger partial charge in [0, 0.05) is 11.7 Å². The molecule has 1 N–H and O–H groups in total. The fourth-order valence-electron chi connectivity index (χ4n) is 4.51. The lowest BCUT2D eigenvalue weighted by molar-refractivity contribution is -0.129. The SMILES string of the molecule is COc1ccc(/C=C2\SC(Nc3ccccc3)N([C@H]3CCCC[C@H]3C)C2=O)cc1C. The number of hydrogen-bond acceptors (Lipinski definition) is 4. The van der Waals surface area contributed by atoms with Crippen molar-refractivity contribution in [2.75, 3.05) is 12.4 Å². The van der Waals surface area contributed by atoms with Crippen LogP contribution in [0.5, 0.6) is 5.75 Å². The van der Waals surface area contributed by atoms with Crippen LogP contribution in [0.2, 0.25) is 0 Å². The minimum atomic E-state index is -0.0870. The van der Waals surface area contributed by atoms with Crippen molar-refractivity contribution < 1.29 is 9.53 Å². The summed E-state index contributed by atoms with van der Waals surface area (Å²) in [7, 11) is 1.68. The lowest BCUT2D eigenvalue weighted by atomic mass is 9.85. The molecule has 2 aromatic rings. The number of methoxy groups -OCH3 is 1. The third kappa shape index (κ3) is 4.36. The zero-order valence-electron chi connectivity index (χ0n) is 17.9. The van der Waals surface area contributed by atoms with Crippen LogP contribution in [0.3, 0.4) is 0 Å². The third-order valence-electron chi connectivity index (χ3n) is 6.14. The molecule has 3 atom stereocenters. The molecular formula is C25H30N2O2S. The number of amides is 1. The third-order valence-corrected chi connectivity index (χ3v) is 7.26. The van der Waals surface area contributed by atoms with Gasteiger partial charge in [-0.1, -0.05) is 55.8 Å². The molecule has 1 saturated heterocycles. The second-order valence-corrected chi connectivity index (χ2v) is 9.38. The Morgan fingerprint density at radius 1 is 1.13 bits per heavy atom. The molecule has 2 aromatic carbocycles. The van der Waals surface area contributed by atoms with Crippen LogP contribution in [-0.2, 0) is 4.79 Å². The smallest absolute Gasteiger partial charge is 0.262 e. The summed E-state index contributed by atoms with van der Waals surface area (Å²) >= 11 is 1.62. The predicted octanol–water partition coefficient (Wildman–Crippen LogP) is 5.89. The average Bonchev–Trinajstić information content (AvgIpc) is 3.04. The first kappa shape index (κ1) is 20.9. The van der Waals surface area contributed by atoms with Crippen molar-refractivity contribution in [3.8, 4) is 5.75 Å². The molecule has 0 radical (unpaired) electrons. The van der Waals surface area contributed by atoms with Crippen molar-refractivity contribution in [3.63, 3.8) is 0 Å². The van der Waals surface area contributed by atoms with E-state index in [9.17, 15) is 4.79 Å². The molecule has 1 aliphatic carbocycles. The number of aryl methyl sites for hydroxylation is 1. The van der Waals surface area contributed by atoms with E-state index in [0.717, 1.165) is 33.9 Å². The number of carbonyl (C=O) groups excluding carboxylic acids is 1.